The molecule has 2 N–H and O–H groups in total. The second kappa shape index (κ2) is 7.14. The molecule has 7 nitrogen and oxygen atoms in total. The van der Waals surface area contributed by atoms with E-state index in [0.717, 1.165) is 0 Å². The Bertz CT molecular complexity index is 633. The summed E-state index contributed by atoms with van der Waals surface area (Å²) < 4.78 is 10.2. The highest BCUT2D eigenvalue weighted by Crippen LogP contribution is 2.26. The molecule has 1 aromatic heterocycles. The van der Waals surface area contributed by atoms with Crippen LogP contribution < -0.4 is 14.8 Å². The lowest BCUT2D eigenvalue weighted by Crippen LogP contribution is -2.16. The van der Waals surface area contributed by atoms with Gasteiger partial charge in [-0.15, -0.1) is 5.10 Å². The summed E-state index contributed by atoms with van der Waals surface area (Å²) in [6.45, 7) is 0.190. The number of benzene rings is 1. The molecule has 2 aromatic rings. The van der Waals surface area contributed by atoms with E-state index < -0.39 is 0 Å². The first-order chi connectivity index (χ1) is 10.1. The maximum Gasteiger partial charge on any atom is 0.336 e. The average Bonchev–Trinajstić information content (AvgIpc) is 2.90. The van der Waals surface area contributed by atoms with E-state index in [0.29, 0.717) is 15.8 Å². The number of carbonyl (C=O) groups is 1. The van der Waals surface area contributed by atoms with Crippen LogP contribution >= 0.6 is 23.2 Å². The number of anilines is 1. The van der Waals surface area contributed by atoms with Gasteiger partial charge in [-0.25, -0.2) is 5.10 Å². The summed E-state index contributed by atoms with van der Waals surface area (Å²) in [7, 11) is 1.43. The largest absolute Gasteiger partial charge is 0.493 e. The molecule has 0 aliphatic heterocycles. The smallest absolute Gasteiger partial charge is 0.336 e. The van der Waals surface area contributed by atoms with Crippen LogP contribution in [-0.2, 0) is 4.79 Å². The van der Waals surface area contributed by atoms with Gasteiger partial charge in [-0.3, -0.25) is 10.1 Å². The fourth-order valence-electron chi connectivity index (χ4n) is 1.42. The minimum Gasteiger partial charge on any atom is -0.493 e. The van der Waals surface area contributed by atoms with E-state index in [-0.39, 0.29) is 30.9 Å². The molecular formula is C12H12Cl2N4O3. The Hall–Kier alpha value is -1.99. The summed E-state index contributed by atoms with van der Waals surface area (Å²) in [5.74, 6) is 0.485. The van der Waals surface area contributed by atoms with Gasteiger partial charge in [0.05, 0.1) is 30.2 Å². The van der Waals surface area contributed by atoms with Gasteiger partial charge < -0.3 is 9.47 Å². The van der Waals surface area contributed by atoms with Crippen molar-refractivity contribution in [2.45, 2.75) is 6.42 Å². The first-order valence-electron chi connectivity index (χ1n) is 5.92. The first kappa shape index (κ1) is 15.4. The summed E-state index contributed by atoms with van der Waals surface area (Å²) in [4.78, 5) is 15.5. The van der Waals surface area contributed by atoms with Crippen molar-refractivity contribution in [1.82, 2.24) is 15.2 Å². The Morgan fingerprint density at radius 1 is 1.38 bits per heavy atom. The molecule has 0 bridgehead atoms. The third-order valence-electron chi connectivity index (χ3n) is 2.39. The predicted molar refractivity (Wildman–Crippen MR) is 78.1 cm³/mol. The Balaban J connectivity index is 1.77. The number of carbonyl (C=O) groups excluding carboxylic acids is 1. The Morgan fingerprint density at radius 3 is 2.86 bits per heavy atom. The summed E-state index contributed by atoms with van der Waals surface area (Å²) >= 11 is 11.6. The molecule has 1 amide bonds. The molecule has 0 fully saturated rings. The number of nitrogens with zero attached hydrogens (tertiary/aromatic N) is 2. The second-order valence-electron chi connectivity index (χ2n) is 3.89. The summed E-state index contributed by atoms with van der Waals surface area (Å²) in [6.07, 6.45) is 0.142. The zero-order valence-electron chi connectivity index (χ0n) is 11.0. The molecule has 0 radical (unpaired) electrons. The molecule has 9 heteroatoms. The van der Waals surface area contributed by atoms with Gasteiger partial charge in [-0.2, -0.15) is 4.98 Å². The van der Waals surface area contributed by atoms with Crippen molar-refractivity contribution in [2.24, 2.45) is 0 Å². The number of methoxy groups -OCH3 is 1. The first-order valence-corrected chi connectivity index (χ1v) is 6.68. The number of aromatic nitrogens is 3. The predicted octanol–water partition coefficient (Wildman–Crippen LogP) is 2.53. The third kappa shape index (κ3) is 4.51. The van der Waals surface area contributed by atoms with Gasteiger partial charge in [0.15, 0.2) is 0 Å². The van der Waals surface area contributed by atoms with Gasteiger partial charge in [-0.1, -0.05) is 23.2 Å². The van der Waals surface area contributed by atoms with E-state index in [4.69, 9.17) is 32.7 Å². The van der Waals surface area contributed by atoms with Crippen LogP contribution in [0.15, 0.2) is 18.2 Å². The minimum atomic E-state index is -0.270. The van der Waals surface area contributed by atoms with Crippen LogP contribution in [0.25, 0.3) is 0 Å². The molecule has 1 aromatic carbocycles. The van der Waals surface area contributed by atoms with Crippen molar-refractivity contribution >= 4 is 35.1 Å². The van der Waals surface area contributed by atoms with Gasteiger partial charge in [-0.05, 0) is 12.1 Å². The van der Waals surface area contributed by atoms with Crippen LogP contribution in [0.1, 0.15) is 6.42 Å². The Kier molecular flexibility index (Phi) is 5.24. The lowest BCUT2D eigenvalue weighted by Gasteiger charge is -2.06. The van der Waals surface area contributed by atoms with Crippen molar-refractivity contribution in [1.29, 1.82) is 0 Å². The van der Waals surface area contributed by atoms with Crippen LogP contribution in [0.4, 0.5) is 5.95 Å². The van der Waals surface area contributed by atoms with Crippen molar-refractivity contribution in [3.63, 3.8) is 0 Å². The second-order valence-corrected chi connectivity index (χ2v) is 4.71. The van der Waals surface area contributed by atoms with Crippen LogP contribution in [0.5, 0.6) is 11.8 Å². The highest BCUT2D eigenvalue weighted by molar-refractivity contribution is 6.42. The van der Waals surface area contributed by atoms with Crippen molar-refractivity contribution in [2.75, 3.05) is 19.0 Å². The van der Waals surface area contributed by atoms with Crippen LogP contribution in [0.2, 0.25) is 10.0 Å². The minimum absolute atomic E-state index is 0.142. The van der Waals surface area contributed by atoms with Gasteiger partial charge in [0.1, 0.15) is 5.75 Å². The molecule has 0 aliphatic rings. The van der Waals surface area contributed by atoms with Crippen molar-refractivity contribution in [3.8, 4) is 11.8 Å². The number of rotatable bonds is 6. The van der Waals surface area contributed by atoms with E-state index in [1.165, 1.54) is 7.11 Å². The van der Waals surface area contributed by atoms with E-state index >= 15 is 0 Å². The molecule has 1 heterocycles. The Morgan fingerprint density at radius 2 is 2.19 bits per heavy atom. The molecule has 0 saturated carbocycles. The number of hydrogen-bond donors (Lipinski definition) is 2. The summed E-state index contributed by atoms with van der Waals surface area (Å²) in [5, 5.41) is 9.59. The zero-order valence-corrected chi connectivity index (χ0v) is 12.5. The lowest BCUT2D eigenvalue weighted by atomic mass is 10.3. The number of halogens is 2. The molecule has 0 aliphatic carbocycles. The van der Waals surface area contributed by atoms with E-state index in [9.17, 15) is 4.79 Å². The normalized spacial score (nSPS) is 10.2. The van der Waals surface area contributed by atoms with E-state index in [2.05, 4.69) is 20.5 Å². The highest BCUT2D eigenvalue weighted by Gasteiger charge is 2.08. The standard InChI is InChI=1S/C12H12Cl2N4O3/c1-20-12-16-11(17-18-12)15-10(19)4-5-21-7-2-3-8(13)9(14)6-7/h2-3,6H,4-5H2,1H3,(H2,15,16,17,18,19). The van der Waals surface area contributed by atoms with Gasteiger partial charge in [0, 0.05) is 6.07 Å². The highest BCUT2D eigenvalue weighted by atomic mass is 35.5. The molecule has 0 atom stereocenters. The number of ether oxygens (including phenoxy) is 2. The lowest BCUT2D eigenvalue weighted by molar-refractivity contribution is -0.116. The maximum absolute atomic E-state index is 11.7. The fourth-order valence-corrected chi connectivity index (χ4v) is 1.70. The number of aromatic amines is 1. The quantitative estimate of drug-likeness (QED) is 0.849. The van der Waals surface area contributed by atoms with Crippen LogP contribution in [0.3, 0.4) is 0 Å². The maximum atomic E-state index is 11.7. The van der Waals surface area contributed by atoms with Crippen LogP contribution in [-0.4, -0.2) is 34.8 Å². The summed E-state index contributed by atoms with van der Waals surface area (Å²) in [5.41, 5.74) is 0. The number of hydrogen-bond acceptors (Lipinski definition) is 5. The summed E-state index contributed by atoms with van der Waals surface area (Å²) in [6, 6.07) is 5.04. The van der Waals surface area contributed by atoms with Crippen molar-refractivity contribution in [3.05, 3.63) is 28.2 Å². The molecule has 2 rings (SSSR count). The molecule has 0 unspecified atom stereocenters. The zero-order chi connectivity index (χ0) is 15.2. The molecule has 21 heavy (non-hydrogen) atoms. The number of nitrogens with one attached hydrogen (secondary N) is 2. The molecular weight excluding hydrogens is 319 g/mol. The SMILES string of the molecule is COc1n[nH]c(NC(=O)CCOc2ccc(Cl)c(Cl)c2)n1. The fraction of sp³-hybridized carbons (Fsp3) is 0.250. The third-order valence-corrected chi connectivity index (χ3v) is 3.13. The number of amides is 1. The van der Waals surface area contributed by atoms with Crippen LogP contribution in [0, 0.1) is 0 Å². The molecule has 112 valence electrons. The molecule has 0 saturated heterocycles. The average molecular weight is 331 g/mol. The van der Waals surface area contributed by atoms with Gasteiger partial charge in [0.2, 0.25) is 11.9 Å². The van der Waals surface area contributed by atoms with Crippen molar-refractivity contribution < 1.29 is 14.3 Å². The van der Waals surface area contributed by atoms with Gasteiger partial charge in [0.25, 0.3) is 0 Å². The monoisotopic (exact) mass is 330 g/mol. The Labute approximate surface area is 130 Å². The topological polar surface area (TPSA) is 89.1 Å². The van der Waals surface area contributed by atoms with E-state index in [1.54, 1.807) is 18.2 Å². The van der Waals surface area contributed by atoms with E-state index in [1.807, 2.05) is 0 Å². The number of H-pyrrole nitrogens is 1. The molecule has 0 spiro atoms. The van der Waals surface area contributed by atoms with Gasteiger partial charge >= 0.3 is 6.01 Å².